The van der Waals surface area contributed by atoms with Crippen molar-refractivity contribution in [2.75, 3.05) is 13.2 Å². The molecule has 1 atom stereocenters. The van der Waals surface area contributed by atoms with Crippen molar-refractivity contribution in [3.8, 4) is 5.75 Å². The standard InChI is InChI=1S/C16H22N2O2.ClH/c17-9-15(12-3-4-12)18-16(19)13-5-7-14(8-6-13)20-10-11-1-2-11;/h5-8,11-12,15H,1-4,9-10,17H2,(H,18,19);1H. The molecule has 2 saturated carbocycles. The molecule has 21 heavy (non-hydrogen) atoms. The maximum absolute atomic E-state index is 12.1. The van der Waals surface area contributed by atoms with Crippen molar-refractivity contribution in [2.24, 2.45) is 17.6 Å². The zero-order chi connectivity index (χ0) is 13.9. The van der Waals surface area contributed by atoms with E-state index in [4.69, 9.17) is 10.5 Å². The van der Waals surface area contributed by atoms with Crippen LogP contribution in [-0.2, 0) is 0 Å². The molecule has 0 saturated heterocycles. The average Bonchev–Trinajstić information content (AvgIpc) is 3.36. The second-order valence-electron chi connectivity index (χ2n) is 5.93. The third-order valence-electron chi connectivity index (χ3n) is 4.06. The normalized spacial score (nSPS) is 18.5. The van der Waals surface area contributed by atoms with Crippen LogP contribution < -0.4 is 15.8 Å². The summed E-state index contributed by atoms with van der Waals surface area (Å²) >= 11 is 0. The van der Waals surface area contributed by atoms with Crippen LogP contribution in [0.25, 0.3) is 0 Å². The van der Waals surface area contributed by atoms with Gasteiger partial charge in [0.1, 0.15) is 5.75 Å². The minimum absolute atomic E-state index is 0. The summed E-state index contributed by atoms with van der Waals surface area (Å²) in [4.78, 5) is 12.1. The number of hydrogen-bond donors (Lipinski definition) is 2. The van der Waals surface area contributed by atoms with Gasteiger partial charge in [0.2, 0.25) is 0 Å². The predicted octanol–water partition coefficient (Wildman–Crippen LogP) is 2.36. The summed E-state index contributed by atoms with van der Waals surface area (Å²) in [5.74, 6) is 2.11. The zero-order valence-corrected chi connectivity index (χ0v) is 12.9. The van der Waals surface area contributed by atoms with Gasteiger partial charge in [0, 0.05) is 18.2 Å². The van der Waals surface area contributed by atoms with Crippen molar-refractivity contribution in [3.05, 3.63) is 29.8 Å². The quantitative estimate of drug-likeness (QED) is 0.812. The van der Waals surface area contributed by atoms with Crippen LogP contribution in [0.3, 0.4) is 0 Å². The molecular formula is C16H23ClN2O2. The Bertz CT molecular complexity index is 470. The van der Waals surface area contributed by atoms with E-state index in [0.29, 0.717) is 18.0 Å². The van der Waals surface area contributed by atoms with Crippen molar-refractivity contribution in [2.45, 2.75) is 31.7 Å². The van der Waals surface area contributed by atoms with Crippen LogP contribution in [0.15, 0.2) is 24.3 Å². The Labute approximate surface area is 131 Å². The van der Waals surface area contributed by atoms with Crippen LogP contribution in [0.1, 0.15) is 36.0 Å². The fraction of sp³-hybridized carbons (Fsp3) is 0.562. The Balaban J connectivity index is 0.00000161. The van der Waals surface area contributed by atoms with E-state index in [0.717, 1.165) is 18.3 Å². The lowest BCUT2D eigenvalue weighted by Crippen LogP contribution is -2.41. The monoisotopic (exact) mass is 310 g/mol. The van der Waals surface area contributed by atoms with Gasteiger partial charge in [-0.25, -0.2) is 0 Å². The number of carbonyl (C=O) groups is 1. The SMILES string of the molecule is Cl.NCC(NC(=O)c1ccc(OCC2CC2)cc1)C1CC1. The molecule has 1 aromatic carbocycles. The number of carbonyl (C=O) groups excluding carboxylic acids is 1. The third-order valence-corrected chi connectivity index (χ3v) is 4.06. The maximum atomic E-state index is 12.1. The largest absolute Gasteiger partial charge is 0.493 e. The van der Waals surface area contributed by atoms with Gasteiger partial charge in [-0.05, 0) is 61.8 Å². The number of nitrogens with one attached hydrogen (secondary N) is 1. The smallest absolute Gasteiger partial charge is 0.251 e. The molecule has 0 bridgehead atoms. The molecule has 5 heteroatoms. The molecule has 0 spiro atoms. The molecule has 2 aliphatic rings. The van der Waals surface area contributed by atoms with Gasteiger partial charge >= 0.3 is 0 Å². The molecule has 0 radical (unpaired) electrons. The number of hydrogen-bond acceptors (Lipinski definition) is 3. The van der Waals surface area contributed by atoms with E-state index in [1.54, 1.807) is 0 Å². The molecule has 2 fully saturated rings. The number of halogens is 1. The van der Waals surface area contributed by atoms with Crippen molar-refractivity contribution in [3.63, 3.8) is 0 Å². The van der Waals surface area contributed by atoms with Crippen molar-refractivity contribution in [1.29, 1.82) is 0 Å². The van der Waals surface area contributed by atoms with E-state index >= 15 is 0 Å². The molecule has 116 valence electrons. The minimum Gasteiger partial charge on any atom is -0.493 e. The van der Waals surface area contributed by atoms with E-state index in [1.807, 2.05) is 24.3 Å². The second-order valence-corrected chi connectivity index (χ2v) is 5.93. The molecule has 0 aromatic heterocycles. The van der Waals surface area contributed by atoms with E-state index < -0.39 is 0 Å². The summed E-state index contributed by atoms with van der Waals surface area (Å²) < 4.78 is 5.66. The first kappa shape index (κ1) is 16.1. The van der Waals surface area contributed by atoms with E-state index in [2.05, 4.69) is 5.32 Å². The molecule has 3 rings (SSSR count). The highest BCUT2D eigenvalue weighted by Crippen LogP contribution is 2.32. The Morgan fingerprint density at radius 3 is 2.43 bits per heavy atom. The van der Waals surface area contributed by atoms with Gasteiger partial charge in [0.05, 0.1) is 6.61 Å². The van der Waals surface area contributed by atoms with Crippen LogP contribution in [0.5, 0.6) is 5.75 Å². The van der Waals surface area contributed by atoms with Crippen molar-refractivity contribution in [1.82, 2.24) is 5.32 Å². The first-order chi connectivity index (χ1) is 9.76. The van der Waals surface area contributed by atoms with Crippen LogP contribution in [0.2, 0.25) is 0 Å². The van der Waals surface area contributed by atoms with Gasteiger partial charge in [-0.1, -0.05) is 0 Å². The van der Waals surface area contributed by atoms with Gasteiger partial charge in [-0.15, -0.1) is 12.4 Å². The summed E-state index contributed by atoms with van der Waals surface area (Å²) in [6.45, 7) is 1.31. The van der Waals surface area contributed by atoms with E-state index in [1.165, 1.54) is 25.7 Å². The average molecular weight is 311 g/mol. The Morgan fingerprint density at radius 1 is 1.24 bits per heavy atom. The number of nitrogens with two attached hydrogens (primary N) is 1. The maximum Gasteiger partial charge on any atom is 0.251 e. The fourth-order valence-corrected chi connectivity index (χ4v) is 2.32. The molecule has 0 aliphatic heterocycles. The van der Waals surface area contributed by atoms with Gasteiger partial charge in [-0.3, -0.25) is 4.79 Å². The number of amides is 1. The molecule has 1 amide bonds. The Hall–Kier alpha value is -1.26. The summed E-state index contributed by atoms with van der Waals surface area (Å²) in [6.07, 6.45) is 4.91. The lowest BCUT2D eigenvalue weighted by molar-refractivity contribution is 0.0933. The number of ether oxygens (including phenoxy) is 1. The Kier molecular flexibility index (Phi) is 5.48. The van der Waals surface area contributed by atoms with Crippen LogP contribution in [0.4, 0.5) is 0 Å². The lowest BCUT2D eigenvalue weighted by Gasteiger charge is -2.16. The highest BCUT2D eigenvalue weighted by Gasteiger charge is 2.31. The molecular weight excluding hydrogens is 288 g/mol. The third kappa shape index (κ3) is 4.61. The van der Waals surface area contributed by atoms with Gasteiger partial charge in [0.15, 0.2) is 0 Å². The predicted molar refractivity (Wildman–Crippen MR) is 84.9 cm³/mol. The van der Waals surface area contributed by atoms with Crippen LogP contribution in [-0.4, -0.2) is 25.1 Å². The summed E-state index contributed by atoms with van der Waals surface area (Å²) in [6, 6.07) is 7.49. The van der Waals surface area contributed by atoms with Crippen LogP contribution >= 0.6 is 12.4 Å². The molecule has 2 aliphatic carbocycles. The first-order valence-electron chi connectivity index (χ1n) is 7.50. The summed E-state index contributed by atoms with van der Waals surface area (Å²) in [5, 5.41) is 3.02. The molecule has 3 N–H and O–H groups in total. The highest BCUT2D eigenvalue weighted by atomic mass is 35.5. The van der Waals surface area contributed by atoms with Gasteiger partial charge in [0.25, 0.3) is 5.91 Å². The zero-order valence-electron chi connectivity index (χ0n) is 12.1. The van der Waals surface area contributed by atoms with Crippen molar-refractivity contribution >= 4 is 18.3 Å². The molecule has 4 nitrogen and oxygen atoms in total. The molecule has 1 unspecified atom stereocenters. The van der Waals surface area contributed by atoms with Gasteiger partial charge in [-0.2, -0.15) is 0 Å². The van der Waals surface area contributed by atoms with E-state index in [9.17, 15) is 4.79 Å². The molecule has 0 heterocycles. The van der Waals surface area contributed by atoms with Crippen molar-refractivity contribution < 1.29 is 9.53 Å². The number of rotatable bonds is 7. The highest BCUT2D eigenvalue weighted by molar-refractivity contribution is 5.94. The summed E-state index contributed by atoms with van der Waals surface area (Å²) in [7, 11) is 0. The molecule has 1 aromatic rings. The number of benzene rings is 1. The fourth-order valence-electron chi connectivity index (χ4n) is 2.32. The first-order valence-corrected chi connectivity index (χ1v) is 7.50. The topological polar surface area (TPSA) is 64.3 Å². The minimum atomic E-state index is -0.0407. The second kappa shape index (κ2) is 7.14. The lowest BCUT2D eigenvalue weighted by atomic mass is 10.1. The van der Waals surface area contributed by atoms with Crippen LogP contribution in [0, 0.1) is 11.8 Å². The Morgan fingerprint density at radius 2 is 1.90 bits per heavy atom. The van der Waals surface area contributed by atoms with Gasteiger partial charge < -0.3 is 15.8 Å². The summed E-state index contributed by atoms with van der Waals surface area (Å²) in [5.41, 5.74) is 6.37. The van der Waals surface area contributed by atoms with E-state index in [-0.39, 0.29) is 24.4 Å².